The normalized spacial score (nSPS) is 24.1. The van der Waals surface area contributed by atoms with E-state index in [1.54, 1.807) is 24.3 Å². The first-order valence-electron chi connectivity index (χ1n) is 6.68. The Kier molecular flexibility index (Phi) is 4.47. The van der Waals surface area contributed by atoms with Crippen LogP contribution in [0.3, 0.4) is 0 Å². The molecule has 19 heavy (non-hydrogen) atoms. The minimum absolute atomic E-state index is 0.207. The Hall–Kier alpha value is -1.07. The van der Waals surface area contributed by atoms with Gasteiger partial charge < -0.3 is 10.4 Å². The van der Waals surface area contributed by atoms with Gasteiger partial charge in [-0.2, -0.15) is 0 Å². The molecule has 0 radical (unpaired) electrons. The Morgan fingerprint density at radius 3 is 2.42 bits per heavy atom. The summed E-state index contributed by atoms with van der Waals surface area (Å²) in [6, 6.07) is 7.10. The molecule has 1 aromatic rings. The second kappa shape index (κ2) is 5.92. The van der Waals surface area contributed by atoms with E-state index in [4.69, 9.17) is 0 Å². The fourth-order valence-electron chi connectivity index (χ4n) is 2.63. The van der Waals surface area contributed by atoms with Crippen LogP contribution in [0.5, 0.6) is 0 Å². The summed E-state index contributed by atoms with van der Waals surface area (Å²) in [5.41, 5.74) is 0.915. The Balaban J connectivity index is 2.06. The van der Waals surface area contributed by atoms with Gasteiger partial charge in [0.05, 0.1) is 4.90 Å². The molecular weight excluding hydrogens is 262 g/mol. The molecule has 106 valence electrons. The van der Waals surface area contributed by atoms with Crippen molar-refractivity contribution in [2.75, 3.05) is 18.2 Å². The highest BCUT2D eigenvalue weighted by molar-refractivity contribution is 7.90. The third-order valence-corrected chi connectivity index (χ3v) is 4.91. The lowest BCUT2D eigenvalue weighted by Crippen LogP contribution is -2.34. The van der Waals surface area contributed by atoms with Crippen molar-refractivity contribution in [3.8, 4) is 0 Å². The topological polar surface area (TPSA) is 66.4 Å². The lowest BCUT2D eigenvalue weighted by Gasteiger charge is -2.31. The number of benzene rings is 1. The molecule has 4 nitrogen and oxygen atoms in total. The number of aliphatic hydroxyl groups is 1. The van der Waals surface area contributed by atoms with Gasteiger partial charge in [-0.3, -0.25) is 0 Å². The van der Waals surface area contributed by atoms with Crippen LogP contribution in [-0.4, -0.2) is 32.4 Å². The fourth-order valence-corrected chi connectivity index (χ4v) is 3.26. The molecule has 2 unspecified atom stereocenters. The van der Waals surface area contributed by atoms with E-state index in [2.05, 4.69) is 5.32 Å². The summed E-state index contributed by atoms with van der Waals surface area (Å²) in [5.74, 6) is 0.295. The standard InChI is InChI=1S/C14H21NO3S/c1-19(17,18)13-8-6-12(7-9-13)15-14-5-3-2-4-11(14)10-16/h6-9,11,14-16H,2-5,10H2,1H3. The molecule has 0 aromatic heterocycles. The predicted octanol–water partition coefficient (Wildman–Crippen LogP) is 2.05. The highest BCUT2D eigenvalue weighted by atomic mass is 32.2. The van der Waals surface area contributed by atoms with E-state index < -0.39 is 9.84 Å². The van der Waals surface area contributed by atoms with Crippen molar-refractivity contribution in [3.63, 3.8) is 0 Å². The van der Waals surface area contributed by atoms with E-state index in [-0.39, 0.29) is 12.6 Å². The molecule has 1 fully saturated rings. The zero-order chi connectivity index (χ0) is 13.9. The number of anilines is 1. The van der Waals surface area contributed by atoms with Crippen LogP contribution in [0.1, 0.15) is 25.7 Å². The number of aliphatic hydroxyl groups excluding tert-OH is 1. The summed E-state index contributed by atoms with van der Waals surface area (Å²) in [7, 11) is -3.14. The molecule has 0 amide bonds. The molecular formula is C14H21NO3S. The summed E-state index contributed by atoms with van der Waals surface area (Å²) >= 11 is 0. The van der Waals surface area contributed by atoms with Crippen molar-refractivity contribution >= 4 is 15.5 Å². The maximum absolute atomic E-state index is 11.4. The third kappa shape index (κ3) is 3.70. The van der Waals surface area contributed by atoms with Crippen LogP contribution in [0, 0.1) is 5.92 Å². The molecule has 1 aromatic carbocycles. The minimum Gasteiger partial charge on any atom is -0.396 e. The average molecular weight is 283 g/mol. The third-order valence-electron chi connectivity index (χ3n) is 3.78. The van der Waals surface area contributed by atoms with Gasteiger partial charge in [0.25, 0.3) is 0 Å². The summed E-state index contributed by atoms with van der Waals surface area (Å²) in [4.78, 5) is 0.334. The number of rotatable bonds is 4. The van der Waals surface area contributed by atoms with Crippen molar-refractivity contribution in [1.29, 1.82) is 0 Å². The van der Waals surface area contributed by atoms with Crippen molar-refractivity contribution in [1.82, 2.24) is 0 Å². The van der Waals surface area contributed by atoms with Gasteiger partial charge in [-0.1, -0.05) is 12.8 Å². The predicted molar refractivity (Wildman–Crippen MR) is 76.0 cm³/mol. The number of nitrogens with one attached hydrogen (secondary N) is 1. The van der Waals surface area contributed by atoms with Crippen LogP contribution in [0.4, 0.5) is 5.69 Å². The summed E-state index contributed by atoms with van der Waals surface area (Å²) < 4.78 is 22.8. The molecule has 2 rings (SSSR count). The van der Waals surface area contributed by atoms with E-state index in [0.717, 1.165) is 18.5 Å². The van der Waals surface area contributed by atoms with E-state index in [1.807, 2.05) is 0 Å². The van der Waals surface area contributed by atoms with Crippen LogP contribution in [-0.2, 0) is 9.84 Å². The zero-order valence-corrected chi connectivity index (χ0v) is 12.0. The zero-order valence-electron chi connectivity index (χ0n) is 11.2. The molecule has 5 heteroatoms. The van der Waals surface area contributed by atoms with Gasteiger partial charge >= 0.3 is 0 Å². The number of hydrogen-bond acceptors (Lipinski definition) is 4. The van der Waals surface area contributed by atoms with Gasteiger partial charge in [0.1, 0.15) is 0 Å². The van der Waals surface area contributed by atoms with Crippen molar-refractivity contribution in [2.45, 2.75) is 36.6 Å². The monoisotopic (exact) mass is 283 g/mol. The molecule has 2 atom stereocenters. The maximum Gasteiger partial charge on any atom is 0.175 e. The maximum atomic E-state index is 11.4. The van der Waals surface area contributed by atoms with E-state index in [9.17, 15) is 13.5 Å². The van der Waals surface area contributed by atoms with E-state index in [1.165, 1.54) is 19.1 Å². The summed E-state index contributed by atoms with van der Waals surface area (Å²) in [5, 5.41) is 12.8. The molecule has 0 bridgehead atoms. The van der Waals surface area contributed by atoms with Crippen molar-refractivity contribution in [2.24, 2.45) is 5.92 Å². The van der Waals surface area contributed by atoms with Gasteiger partial charge in [-0.05, 0) is 37.1 Å². The molecule has 0 saturated heterocycles. The molecule has 1 aliphatic rings. The summed E-state index contributed by atoms with van der Waals surface area (Å²) in [6.45, 7) is 0.207. The Morgan fingerprint density at radius 2 is 1.84 bits per heavy atom. The fraction of sp³-hybridized carbons (Fsp3) is 0.571. The van der Waals surface area contributed by atoms with E-state index >= 15 is 0 Å². The Bertz CT molecular complexity index is 510. The SMILES string of the molecule is CS(=O)(=O)c1ccc(NC2CCCCC2CO)cc1. The lowest BCUT2D eigenvalue weighted by molar-refractivity contribution is 0.178. The van der Waals surface area contributed by atoms with Gasteiger partial charge in [-0.25, -0.2) is 8.42 Å². The van der Waals surface area contributed by atoms with Crippen molar-refractivity contribution in [3.05, 3.63) is 24.3 Å². The first kappa shape index (κ1) is 14.3. The largest absolute Gasteiger partial charge is 0.396 e. The molecule has 0 aliphatic heterocycles. The second-order valence-corrected chi connectivity index (χ2v) is 7.29. The van der Waals surface area contributed by atoms with E-state index in [0.29, 0.717) is 10.8 Å². The quantitative estimate of drug-likeness (QED) is 0.887. The van der Waals surface area contributed by atoms with Gasteiger partial charge in [0.15, 0.2) is 9.84 Å². The van der Waals surface area contributed by atoms with Crippen LogP contribution < -0.4 is 5.32 Å². The first-order valence-corrected chi connectivity index (χ1v) is 8.57. The molecule has 1 saturated carbocycles. The van der Waals surface area contributed by atoms with Gasteiger partial charge in [0.2, 0.25) is 0 Å². The molecule has 0 spiro atoms. The smallest absolute Gasteiger partial charge is 0.175 e. The Morgan fingerprint density at radius 1 is 1.21 bits per heavy atom. The molecule has 1 aliphatic carbocycles. The average Bonchev–Trinajstić information content (AvgIpc) is 2.39. The minimum atomic E-state index is -3.14. The van der Waals surface area contributed by atoms with Gasteiger partial charge in [-0.15, -0.1) is 0 Å². The Labute approximate surface area is 114 Å². The highest BCUT2D eigenvalue weighted by Gasteiger charge is 2.24. The van der Waals surface area contributed by atoms with Crippen LogP contribution in [0.2, 0.25) is 0 Å². The lowest BCUT2D eigenvalue weighted by atomic mass is 9.85. The van der Waals surface area contributed by atoms with Crippen LogP contribution >= 0.6 is 0 Å². The molecule has 2 N–H and O–H groups in total. The van der Waals surface area contributed by atoms with Gasteiger partial charge in [0, 0.05) is 30.5 Å². The summed E-state index contributed by atoms with van der Waals surface area (Å²) in [6.07, 6.45) is 5.67. The number of sulfone groups is 1. The molecule has 0 heterocycles. The highest BCUT2D eigenvalue weighted by Crippen LogP contribution is 2.27. The second-order valence-electron chi connectivity index (χ2n) is 5.27. The van der Waals surface area contributed by atoms with Crippen LogP contribution in [0.15, 0.2) is 29.2 Å². The first-order chi connectivity index (χ1) is 9.00. The number of hydrogen-bond donors (Lipinski definition) is 2. The van der Waals surface area contributed by atoms with Crippen molar-refractivity contribution < 1.29 is 13.5 Å². The van der Waals surface area contributed by atoms with Crippen LogP contribution in [0.25, 0.3) is 0 Å².